The maximum atomic E-state index is 14.3. The van der Waals surface area contributed by atoms with Crippen LogP contribution in [0.4, 0.5) is 10.1 Å². The molecule has 5 heteroatoms. The van der Waals surface area contributed by atoms with E-state index in [0.29, 0.717) is 5.84 Å². The normalized spacial score (nSPS) is 27.0. The van der Waals surface area contributed by atoms with Crippen LogP contribution in [0.15, 0.2) is 28.2 Å². The van der Waals surface area contributed by atoms with Crippen molar-refractivity contribution in [3.8, 4) is 0 Å². The van der Waals surface area contributed by atoms with Gasteiger partial charge in [0.2, 0.25) is 6.30 Å². The summed E-state index contributed by atoms with van der Waals surface area (Å²) in [5.74, 6) is 0.673. The zero-order valence-electron chi connectivity index (χ0n) is 10.5. The van der Waals surface area contributed by atoms with Crippen molar-refractivity contribution in [1.29, 1.82) is 0 Å². The Bertz CT molecular complexity index is 619. The molecule has 0 aromatic heterocycles. The van der Waals surface area contributed by atoms with Crippen LogP contribution in [-0.2, 0) is 0 Å². The SMILES string of the molecule is CC(O)c1ccc2c(c1)N=CN1C2=NC2(CC2)C1F. The predicted octanol–water partition coefficient (Wildman–Crippen LogP) is 2.30. The molecule has 2 heterocycles. The number of benzene rings is 1. The van der Waals surface area contributed by atoms with Gasteiger partial charge in [-0.05, 0) is 37.5 Å². The van der Waals surface area contributed by atoms with E-state index in [1.54, 1.807) is 6.92 Å². The highest BCUT2D eigenvalue weighted by Crippen LogP contribution is 2.50. The molecule has 1 spiro atoms. The summed E-state index contributed by atoms with van der Waals surface area (Å²) in [4.78, 5) is 10.4. The molecule has 1 saturated carbocycles. The molecule has 4 rings (SSSR count). The minimum atomic E-state index is -1.09. The zero-order valence-corrected chi connectivity index (χ0v) is 10.5. The summed E-state index contributed by atoms with van der Waals surface area (Å²) in [6, 6.07) is 5.55. The molecule has 0 bridgehead atoms. The van der Waals surface area contributed by atoms with Crippen molar-refractivity contribution >= 4 is 17.9 Å². The number of aliphatic imine (C=N–C) groups is 2. The Balaban J connectivity index is 1.83. The summed E-state index contributed by atoms with van der Waals surface area (Å²) in [6.45, 7) is 1.71. The standard InChI is InChI=1S/C14H14FN3O/c1-8(19)9-2-3-10-11(6-9)16-7-18-12(10)17-14(4-5-14)13(18)15/h2-3,6-8,13,19H,4-5H2,1H3. The van der Waals surface area contributed by atoms with E-state index in [9.17, 15) is 9.50 Å². The highest BCUT2D eigenvalue weighted by atomic mass is 19.1. The Morgan fingerprint density at radius 1 is 1.47 bits per heavy atom. The van der Waals surface area contributed by atoms with E-state index in [1.807, 2.05) is 18.2 Å². The van der Waals surface area contributed by atoms with Crippen molar-refractivity contribution in [2.75, 3.05) is 0 Å². The lowest BCUT2D eigenvalue weighted by molar-refractivity contribution is 0.194. The lowest BCUT2D eigenvalue weighted by Gasteiger charge is -2.24. The smallest absolute Gasteiger partial charge is 0.203 e. The maximum Gasteiger partial charge on any atom is 0.203 e. The molecule has 0 amide bonds. The van der Waals surface area contributed by atoms with Gasteiger partial charge in [0, 0.05) is 5.56 Å². The van der Waals surface area contributed by atoms with Crippen LogP contribution < -0.4 is 0 Å². The largest absolute Gasteiger partial charge is 0.389 e. The Morgan fingerprint density at radius 2 is 2.26 bits per heavy atom. The molecule has 1 N–H and O–H groups in total. The molecule has 2 aliphatic heterocycles. The minimum Gasteiger partial charge on any atom is -0.389 e. The molecular weight excluding hydrogens is 245 g/mol. The van der Waals surface area contributed by atoms with Crippen molar-refractivity contribution in [1.82, 2.24) is 4.90 Å². The molecule has 2 atom stereocenters. The summed E-state index contributed by atoms with van der Waals surface area (Å²) in [5.41, 5.74) is 1.88. The molecule has 1 aromatic carbocycles. The average Bonchev–Trinajstić information content (AvgIpc) is 3.12. The van der Waals surface area contributed by atoms with Crippen LogP contribution in [0.2, 0.25) is 0 Å². The predicted molar refractivity (Wildman–Crippen MR) is 70.5 cm³/mol. The molecule has 1 aromatic rings. The molecule has 1 fully saturated rings. The first kappa shape index (κ1) is 11.1. The number of aliphatic hydroxyl groups is 1. The van der Waals surface area contributed by atoms with Gasteiger partial charge in [-0.2, -0.15) is 0 Å². The lowest BCUT2D eigenvalue weighted by atomic mass is 10.0. The fourth-order valence-corrected chi connectivity index (χ4v) is 2.71. The number of amidine groups is 1. The highest BCUT2D eigenvalue weighted by molar-refractivity contribution is 6.12. The molecule has 0 radical (unpaired) electrons. The monoisotopic (exact) mass is 259 g/mol. The van der Waals surface area contributed by atoms with Crippen LogP contribution in [0.5, 0.6) is 0 Å². The number of nitrogens with zero attached hydrogens (tertiary/aromatic N) is 3. The van der Waals surface area contributed by atoms with E-state index in [1.165, 1.54) is 11.2 Å². The topological polar surface area (TPSA) is 48.2 Å². The van der Waals surface area contributed by atoms with Crippen molar-refractivity contribution in [3.05, 3.63) is 29.3 Å². The number of alkyl halides is 1. The van der Waals surface area contributed by atoms with E-state index in [4.69, 9.17) is 0 Å². The van der Waals surface area contributed by atoms with Gasteiger partial charge >= 0.3 is 0 Å². The molecule has 0 saturated heterocycles. The van der Waals surface area contributed by atoms with Gasteiger partial charge in [0.1, 0.15) is 11.4 Å². The fourth-order valence-electron chi connectivity index (χ4n) is 2.71. The first-order valence-corrected chi connectivity index (χ1v) is 6.50. The van der Waals surface area contributed by atoms with Gasteiger partial charge in [0.15, 0.2) is 0 Å². The summed E-state index contributed by atoms with van der Waals surface area (Å²) < 4.78 is 14.3. The third-order valence-corrected chi connectivity index (χ3v) is 4.09. The summed E-state index contributed by atoms with van der Waals surface area (Å²) in [6.07, 6.45) is 1.51. The zero-order chi connectivity index (χ0) is 13.2. The summed E-state index contributed by atoms with van der Waals surface area (Å²) in [5, 5.41) is 9.60. The van der Waals surface area contributed by atoms with E-state index in [2.05, 4.69) is 9.98 Å². The van der Waals surface area contributed by atoms with Gasteiger partial charge in [0.25, 0.3) is 0 Å². The number of fused-ring (bicyclic) bond motifs is 3. The van der Waals surface area contributed by atoms with Crippen LogP contribution >= 0.6 is 0 Å². The van der Waals surface area contributed by atoms with E-state index >= 15 is 0 Å². The first-order chi connectivity index (χ1) is 9.11. The van der Waals surface area contributed by atoms with Gasteiger partial charge in [0.05, 0.1) is 18.1 Å². The fraction of sp³-hybridized carbons (Fsp3) is 0.429. The second kappa shape index (κ2) is 3.42. The lowest BCUT2D eigenvalue weighted by Crippen LogP contribution is -2.38. The van der Waals surface area contributed by atoms with Crippen molar-refractivity contribution in [2.24, 2.45) is 9.98 Å². The Labute approximate surface area is 110 Å². The second-order valence-corrected chi connectivity index (χ2v) is 5.48. The van der Waals surface area contributed by atoms with Crippen molar-refractivity contribution in [3.63, 3.8) is 0 Å². The van der Waals surface area contributed by atoms with Gasteiger partial charge in [-0.3, -0.25) is 9.89 Å². The Kier molecular flexibility index (Phi) is 2.00. The number of hydrogen-bond donors (Lipinski definition) is 1. The molecular formula is C14H14FN3O. The maximum absolute atomic E-state index is 14.3. The molecule has 3 aliphatic rings. The number of rotatable bonds is 1. The Morgan fingerprint density at radius 3 is 2.95 bits per heavy atom. The molecule has 2 unspecified atom stereocenters. The van der Waals surface area contributed by atoms with Gasteiger partial charge in [-0.25, -0.2) is 9.38 Å². The minimum absolute atomic E-state index is 0.522. The van der Waals surface area contributed by atoms with Gasteiger partial charge in [-0.15, -0.1) is 0 Å². The average molecular weight is 259 g/mol. The van der Waals surface area contributed by atoms with Crippen molar-refractivity contribution in [2.45, 2.75) is 37.7 Å². The third kappa shape index (κ3) is 1.42. The number of aliphatic hydroxyl groups excluding tert-OH is 1. The molecule has 19 heavy (non-hydrogen) atoms. The van der Waals surface area contributed by atoms with Crippen LogP contribution in [-0.4, -0.2) is 34.0 Å². The van der Waals surface area contributed by atoms with E-state index < -0.39 is 17.9 Å². The van der Waals surface area contributed by atoms with Crippen LogP contribution in [0.25, 0.3) is 0 Å². The number of halogens is 1. The third-order valence-electron chi connectivity index (χ3n) is 4.09. The van der Waals surface area contributed by atoms with Crippen LogP contribution in [0, 0.1) is 0 Å². The number of hydrogen-bond acceptors (Lipinski definition) is 4. The molecule has 98 valence electrons. The van der Waals surface area contributed by atoms with Crippen LogP contribution in [0.1, 0.15) is 37.0 Å². The summed E-state index contributed by atoms with van der Waals surface area (Å²) >= 11 is 0. The molecule has 4 nitrogen and oxygen atoms in total. The van der Waals surface area contributed by atoms with E-state index in [0.717, 1.165) is 29.7 Å². The van der Waals surface area contributed by atoms with E-state index in [-0.39, 0.29) is 0 Å². The molecule has 1 aliphatic carbocycles. The summed E-state index contributed by atoms with van der Waals surface area (Å²) in [7, 11) is 0. The van der Waals surface area contributed by atoms with Gasteiger partial charge < -0.3 is 5.11 Å². The van der Waals surface area contributed by atoms with Crippen LogP contribution in [0.3, 0.4) is 0 Å². The highest BCUT2D eigenvalue weighted by Gasteiger charge is 2.58. The van der Waals surface area contributed by atoms with Crippen molar-refractivity contribution < 1.29 is 9.50 Å². The first-order valence-electron chi connectivity index (χ1n) is 6.50. The van der Waals surface area contributed by atoms with Gasteiger partial charge in [-0.1, -0.05) is 6.07 Å². The second-order valence-electron chi connectivity index (χ2n) is 5.48. The Hall–Kier alpha value is -1.75. The quantitative estimate of drug-likeness (QED) is 0.787.